The number of rotatable bonds is 4. The van der Waals surface area contributed by atoms with Gasteiger partial charge in [0.2, 0.25) is 0 Å². The van der Waals surface area contributed by atoms with Crippen LogP contribution in [0.4, 0.5) is 21.0 Å². The fourth-order valence-electron chi connectivity index (χ4n) is 1.81. The van der Waals surface area contributed by atoms with Gasteiger partial charge in [-0.1, -0.05) is 23.5 Å². The van der Waals surface area contributed by atoms with Gasteiger partial charge in [-0.15, -0.1) is 0 Å². The number of nitrogens with one attached hydrogen (secondary N) is 1. The summed E-state index contributed by atoms with van der Waals surface area (Å²) in [5.74, 6) is -0.645. The van der Waals surface area contributed by atoms with Crippen LogP contribution < -0.4 is 16.0 Å². The van der Waals surface area contributed by atoms with Crippen LogP contribution in [0, 0.1) is 5.82 Å². The average molecular weight is 294 g/mol. The van der Waals surface area contributed by atoms with Crippen LogP contribution in [0.5, 0.6) is 0 Å². The second-order valence-electron chi connectivity index (χ2n) is 3.98. The lowest BCUT2D eigenvalue weighted by molar-refractivity contribution is 0.0992. The Kier molecular flexibility index (Phi) is 4.19. The van der Waals surface area contributed by atoms with Crippen molar-refractivity contribution < 1.29 is 9.18 Å². The largest absolute Gasteiger partial charge is 0.382 e. The molecule has 0 aliphatic heterocycles. The minimum Gasteiger partial charge on any atom is -0.382 e. The number of carbonyl (C=O) groups excluding carboxylic acids is 1. The van der Waals surface area contributed by atoms with E-state index in [0.717, 1.165) is 11.3 Å². The fourth-order valence-corrected chi connectivity index (χ4v) is 2.60. The smallest absolute Gasteiger partial charge is 0.272 e. The number of nitrogens with zero attached hydrogens (tertiary/aromatic N) is 2. The number of halogens is 1. The number of hydrogen-bond acceptors (Lipinski definition) is 5. The monoisotopic (exact) mass is 294 g/mol. The van der Waals surface area contributed by atoms with Crippen LogP contribution in [0.15, 0.2) is 24.3 Å². The van der Waals surface area contributed by atoms with Gasteiger partial charge >= 0.3 is 0 Å². The zero-order valence-electron chi connectivity index (χ0n) is 11.2. The number of para-hydroxylation sites is 1. The molecule has 7 heteroatoms. The van der Waals surface area contributed by atoms with E-state index in [-0.39, 0.29) is 17.4 Å². The van der Waals surface area contributed by atoms with Crippen molar-refractivity contribution >= 4 is 33.9 Å². The number of carbonyl (C=O) groups is 1. The molecule has 0 fully saturated rings. The molecular formula is C13H15FN4OS. The summed E-state index contributed by atoms with van der Waals surface area (Å²) in [5.41, 5.74) is 5.98. The van der Waals surface area contributed by atoms with Crippen molar-refractivity contribution in [3.63, 3.8) is 0 Å². The maximum Gasteiger partial charge on any atom is 0.272 e. The molecule has 0 aliphatic carbocycles. The van der Waals surface area contributed by atoms with Crippen LogP contribution >= 0.6 is 11.3 Å². The predicted octanol–water partition coefficient (Wildman–Crippen LogP) is 2.57. The molecule has 0 radical (unpaired) electrons. The number of amides is 1. The van der Waals surface area contributed by atoms with E-state index in [1.807, 2.05) is 0 Å². The molecule has 1 amide bonds. The Labute approximate surface area is 120 Å². The normalized spacial score (nSPS) is 10.3. The van der Waals surface area contributed by atoms with Crippen molar-refractivity contribution in [2.24, 2.45) is 0 Å². The highest BCUT2D eigenvalue weighted by Crippen LogP contribution is 2.28. The summed E-state index contributed by atoms with van der Waals surface area (Å²) in [6.45, 7) is 2.12. The van der Waals surface area contributed by atoms with E-state index in [2.05, 4.69) is 10.3 Å². The van der Waals surface area contributed by atoms with Crippen molar-refractivity contribution in [2.75, 3.05) is 29.5 Å². The molecule has 2 aromatic rings. The minimum atomic E-state index is -0.445. The maximum absolute atomic E-state index is 13.8. The average Bonchev–Trinajstić information content (AvgIpc) is 2.83. The molecule has 0 unspecified atom stereocenters. The lowest BCUT2D eigenvalue weighted by atomic mass is 10.2. The number of aromatic nitrogens is 1. The fraction of sp³-hybridized carbons (Fsp3) is 0.231. The summed E-state index contributed by atoms with van der Waals surface area (Å²) in [4.78, 5) is 18.2. The summed E-state index contributed by atoms with van der Waals surface area (Å²) in [6, 6.07) is 6.15. The van der Waals surface area contributed by atoms with Gasteiger partial charge in [0, 0.05) is 13.6 Å². The summed E-state index contributed by atoms with van der Waals surface area (Å²) >= 11 is 1.15. The van der Waals surface area contributed by atoms with Crippen molar-refractivity contribution in [3.05, 3.63) is 35.0 Å². The Hall–Kier alpha value is -2.15. The summed E-state index contributed by atoms with van der Waals surface area (Å²) in [5, 5.41) is 3.39. The van der Waals surface area contributed by atoms with Crippen molar-refractivity contribution in [1.82, 2.24) is 4.98 Å². The number of nitrogens with two attached hydrogens (primary N) is 1. The molecule has 1 heterocycles. The Balaban J connectivity index is 2.39. The van der Waals surface area contributed by atoms with E-state index in [1.165, 1.54) is 11.0 Å². The minimum absolute atomic E-state index is 0.152. The van der Waals surface area contributed by atoms with E-state index in [4.69, 9.17) is 5.73 Å². The number of hydrogen-bond donors (Lipinski definition) is 2. The highest BCUT2D eigenvalue weighted by molar-refractivity contribution is 7.18. The number of thiazole rings is 1. The first-order valence-electron chi connectivity index (χ1n) is 6.09. The molecule has 5 nitrogen and oxygen atoms in total. The molecule has 2 rings (SSSR count). The molecule has 3 N–H and O–H groups in total. The summed E-state index contributed by atoms with van der Waals surface area (Å²) < 4.78 is 13.8. The van der Waals surface area contributed by atoms with Gasteiger partial charge in [-0.05, 0) is 19.1 Å². The summed E-state index contributed by atoms with van der Waals surface area (Å²) in [6.07, 6.45) is 0. The molecule has 0 spiro atoms. The highest BCUT2D eigenvalue weighted by Gasteiger charge is 2.23. The Morgan fingerprint density at radius 1 is 1.50 bits per heavy atom. The lowest BCUT2D eigenvalue weighted by Crippen LogP contribution is -2.31. The first-order valence-corrected chi connectivity index (χ1v) is 6.90. The van der Waals surface area contributed by atoms with Crippen LogP contribution in [-0.4, -0.2) is 24.5 Å². The lowest BCUT2D eigenvalue weighted by Gasteiger charge is -2.20. The summed E-state index contributed by atoms with van der Waals surface area (Å²) in [7, 11) is 1.70. The van der Waals surface area contributed by atoms with Gasteiger partial charge in [-0.3, -0.25) is 4.79 Å². The molecule has 0 saturated carbocycles. The molecule has 0 aliphatic rings. The van der Waals surface area contributed by atoms with Crippen molar-refractivity contribution in [3.8, 4) is 0 Å². The second kappa shape index (κ2) is 5.87. The Morgan fingerprint density at radius 2 is 2.20 bits per heavy atom. The number of benzene rings is 1. The zero-order chi connectivity index (χ0) is 14.7. The highest BCUT2D eigenvalue weighted by atomic mass is 32.1. The third-order valence-electron chi connectivity index (χ3n) is 2.77. The van der Waals surface area contributed by atoms with Crippen molar-refractivity contribution in [1.29, 1.82) is 0 Å². The van der Waals surface area contributed by atoms with Gasteiger partial charge in [-0.25, -0.2) is 9.37 Å². The van der Waals surface area contributed by atoms with Crippen LogP contribution in [-0.2, 0) is 0 Å². The van der Waals surface area contributed by atoms with Gasteiger partial charge < -0.3 is 16.0 Å². The Bertz CT molecular complexity index is 629. The van der Waals surface area contributed by atoms with E-state index in [9.17, 15) is 9.18 Å². The van der Waals surface area contributed by atoms with Gasteiger partial charge in [0.25, 0.3) is 5.91 Å². The van der Waals surface area contributed by atoms with Crippen molar-refractivity contribution in [2.45, 2.75) is 6.92 Å². The quantitative estimate of drug-likeness (QED) is 0.909. The molecular weight excluding hydrogens is 279 g/mol. The SMILES string of the molecule is CCN(C(=O)c1sc(NC)nc1N)c1ccccc1F. The molecule has 0 bridgehead atoms. The molecule has 20 heavy (non-hydrogen) atoms. The number of nitrogen functional groups attached to an aromatic ring is 1. The topological polar surface area (TPSA) is 71.2 Å². The van der Waals surface area contributed by atoms with E-state index >= 15 is 0 Å². The molecule has 1 aromatic carbocycles. The first kappa shape index (κ1) is 14.3. The second-order valence-corrected chi connectivity index (χ2v) is 4.98. The molecule has 106 valence electrons. The van der Waals surface area contributed by atoms with E-state index < -0.39 is 5.82 Å². The first-order chi connectivity index (χ1) is 9.58. The zero-order valence-corrected chi connectivity index (χ0v) is 12.0. The van der Waals surface area contributed by atoms with Crippen LogP contribution in [0.2, 0.25) is 0 Å². The van der Waals surface area contributed by atoms with Crippen LogP contribution in [0.1, 0.15) is 16.6 Å². The Morgan fingerprint density at radius 3 is 2.75 bits per heavy atom. The standard InChI is InChI=1S/C13H15FN4OS/c1-3-18(9-7-5-4-6-8(9)14)12(19)10-11(15)17-13(16-2)20-10/h4-7H,3,15H2,1-2H3,(H,16,17). The molecule has 0 atom stereocenters. The van der Waals surface area contributed by atoms with Gasteiger partial charge in [0.05, 0.1) is 5.69 Å². The number of anilines is 3. The third kappa shape index (κ3) is 2.57. The third-order valence-corrected chi connectivity index (χ3v) is 3.84. The van der Waals surface area contributed by atoms with Crippen LogP contribution in [0.3, 0.4) is 0 Å². The predicted molar refractivity (Wildman–Crippen MR) is 79.8 cm³/mol. The van der Waals surface area contributed by atoms with E-state index in [1.54, 1.807) is 32.2 Å². The van der Waals surface area contributed by atoms with Gasteiger partial charge in [-0.2, -0.15) is 0 Å². The van der Waals surface area contributed by atoms with E-state index in [0.29, 0.717) is 16.6 Å². The van der Waals surface area contributed by atoms with Gasteiger partial charge in [0.1, 0.15) is 16.5 Å². The van der Waals surface area contributed by atoms with Crippen LogP contribution in [0.25, 0.3) is 0 Å². The maximum atomic E-state index is 13.8. The van der Waals surface area contributed by atoms with Gasteiger partial charge in [0.15, 0.2) is 5.13 Å². The molecule has 1 aromatic heterocycles. The molecule has 0 saturated heterocycles.